The lowest BCUT2D eigenvalue weighted by atomic mass is 10.1. The fourth-order valence-corrected chi connectivity index (χ4v) is 2.15. The molecule has 0 aliphatic heterocycles. The van der Waals surface area contributed by atoms with Crippen LogP contribution < -0.4 is 10.5 Å². The van der Waals surface area contributed by atoms with Crippen molar-refractivity contribution in [3.05, 3.63) is 51.4 Å². The number of benzene rings is 1. The highest BCUT2D eigenvalue weighted by Gasteiger charge is 2.12. The van der Waals surface area contributed by atoms with Crippen LogP contribution in [0.4, 0.5) is 4.39 Å². The second-order valence-electron chi connectivity index (χ2n) is 4.25. The predicted octanol–water partition coefficient (Wildman–Crippen LogP) is 3.85. The molecule has 0 saturated carbocycles. The van der Waals surface area contributed by atoms with Crippen LogP contribution >= 0.6 is 15.9 Å². The highest BCUT2D eigenvalue weighted by atomic mass is 79.9. The van der Waals surface area contributed by atoms with Crippen LogP contribution in [-0.2, 0) is 6.54 Å². The van der Waals surface area contributed by atoms with Crippen molar-refractivity contribution in [2.75, 3.05) is 0 Å². The van der Waals surface area contributed by atoms with Crippen LogP contribution in [0.3, 0.4) is 0 Å². The molecule has 0 aliphatic rings. The monoisotopic (exact) mass is 324 g/mol. The lowest BCUT2D eigenvalue weighted by Gasteiger charge is -2.13. The highest BCUT2D eigenvalue weighted by molar-refractivity contribution is 9.10. The zero-order valence-electron chi connectivity index (χ0n) is 10.7. The van der Waals surface area contributed by atoms with Crippen LogP contribution in [0.1, 0.15) is 16.8 Å². The number of nitrogens with zero attached hydrogens (tertiary/aromatic N) is 1. The van der Waals surface area contributed by atoms with E-state index in [1.165, 1.54) is 12.1 Å². The van der Waals surface area contributed by atoms with Crippen LogP contribution in [-0.4, -0.2) is 4.98 Å². The van der Waals surface area contributed by atoms with Gasteiger partial charge in [0.05, 0.1) is 4.47 Å². The molecule has 0 saturated heterocycles. The zero-order valence-corrected chi connectivity index (χ0v) is 12.3. The Bertz CT molecular complexity index is 617. The van der Waals surface area contributed by atoms with Gasteiger partial charge >= 0.3 is 0 Å². The maximum Gasteiger partial charge on any atom is 0.224 e. The molecule has 2 rings (SSSR count). The Hall–Kier alpha value is -1.46. The molecule has 1 aromatic heterocycles. The number of aromatic nitrogens is 1. The van der Waals surface area contributed by atoms with Crippen LogP contribution in [0, 0.1) is 19.7 Å². The van der Waals surface area contributed by atoms with Gasteiger partial charge in [-0.05, 0) is 53.5 Å². The van der Waals surface area contributed by atoms with Gasteiger partial charge in [-0.2, -0.15) is 0 Å². The van der Waals surface area contributed by atoms with E-state index < -0.39 is 0 Å². The van der Waals surface area contributed by atoms with E-state index in [1.807, 2.05) is 19.9 Å². The number of hydrogen-bond donors (Lipinski definition) is 1. The average molecular weight is 325 g/mol. The fraction of sp³-hybridized carbons (Fsp3) is 0.214. The van der Waals surface area contributed by atoms with E-state index in [0.717, 1.165) is 16.8 Å². The molecular weight excluding hydrogens is 311 g/mol. The summed E-state index contributed by atoms with van der Waals surface area (Å²) in [6.07, 6.45) is 0. The molecule has 1 aromatic carbocycles. The summed E-state index contributed by atoms with van der Waals surface area (Å²) in [5.41, 5.74) is 8.38. The molecule has 2 aromatic rings. The molecule has 1 heterocycles. The molecule has 0 amide bonds. The molecule has 0 atom stereocenters. The van der Waals surface area contributed by atoms with E-state index in [4.69, 9.17) is 10.5 Å². The Morgan fingerprint density at radius 2 is 2.05 bits per heavy atom. The number of rotatable bonds is 3. The van der Waals surface area contributed by atoms with E-state index in [-0.39, 0.29) is 5.82 Å². The minimum Gasteiger partial charge on any atom is -0.437 e. The Morgan fingerprint density at radius 3 is 2.74 bits per heavy atom. The molecule has 0 spiro atoms. The van der Waals surface area contributed by atoms with Gasteiger partial charge < -0.3 is 10.5 Å². The number of ether oxygens (including phenoxy) is 1. The second-order valence-corrected chi connectivity index (χ2v) is 5.10. The number of halogens is 2. The molecule has 19 heavy (non-hydrogen) atoms. The SMILES string of the molecule is Cc1cc(C)c(CN)c(Oc2cc(F)ccc2Br)n1. The van der Waals surface area contributed by atoms with Gasteiger partial charge in [0.1, 0.15) is 11.6 Å². The first kappa shape index (κ1) is 14.0. The maximum atomic E-state index is 13.2. The minimum atomic E-state index is -0.364. The quantitative estimate of drug-likeness (QED) is 0.932. The lowest BCUT2D eigenvalue weighted by Crippen LogP contribution is -2.05. The number of nitrogens with two attached hydrogens (primary N) is 1. The van der Waals surface area contributed by atoms with Crippen molar-refractivity contribution < 1.29 is 9.13 Å². The summed E-state index contributed by atoms with van der Waals surface area (Å²) in [5, 5.41) is 0. The molecule has 0 unspecified atom stereocenters. The van der Waals surface area contributed by atoms with E-state index >= 15 is 0 Å². The van der Waals surface area contributed by atoms with Gasteiger partial charge in [0.25, 0.3) is 0 Å². The summed E-state index contributed by atoms with van der Waals surface area (Å²) < 4.78 is 19.6. The zero-order chi connectivity index (χ0) is 14.0. The largest absolute Gasteiger partial charge is 0.437 e. The number of hydrogen-bond acceptors (Lipinski definition) is 3. The Labute approximate surface area is 119 Å². The van der Waals surface area contributed by atoms with E-state index in [0.29, 0.717) is 22.6 Å². The average Bonchev–Trinajstić information content (AvgIpc) is 2.33. The van der Waals surface area contributed by atoms with Gasteiger partial charge in [0.15, 0.2) is 0 Å². The van der Waals surface area contributed by atoms with Crippen molar-refractivity contribution >= 4 is 15.9 Å². The molecule has 3 nitrogen and oxygen atoms in total. The van der Waals surface area contributed by atoms with Gasteiger partial charge in [0.2, 0.25) is 5.88 Å². The van der Waals surface area contributed by atoms with Crippen molar-refractivity contribution in [2.24, 2.45) is 5.73 Å². The Morgan fingerprint density at radius 1 is 1.32 bits per heavy atom. The smallest absolute Gasteiger partial charge is 0.224 e. The van der Waals surface area contributed by atoms with Gasteiger partial charge in [-0.3, -0.25) is 0 Å². The lowest BCUT2D eigenvalue weighted by molar-refractivity contribution is 0.447. The summed E-state index contributed by atoms with van der Waals surface area (Å²) in [5.74, 6) is 0.440. The van der Waals surface area contributed by atoms with Gasteiger partial charge in [0, 0.05) is 23.9 Å². The molecule has 100 valence electrons. The van der Waals surface area contributed by atoms with Crippen molar-refractivity contribution in [3.63, 3.8) is 0 Å². The van der Waals surface area contributed by atoms with Crippen molar-refractivity contribution in [1.29, 1.82) is 0 Å². The summed E-state index contributed by atoms with van der Waals surface area (Å²) in [6.45, 7) is 4.15. The molecular formula is C14H14BrFN2O. The molecule has 5 heteroatoms. The molecule has 0 aliphatic carbocycles. The first-order chi connectivity index (χ1) is 9.01. The van der Waals surface area contributed by atoms with Crippen LogP contribution in [0.15, 0.2) is 28.7 Å². The third-order valence-electron chi connectivity index (χ3n) is 2.74. The second kappa shape index (κ2) is 5.67. The minimum absolute atomic E-state index is 0.321. The molecule has 0 fully saturated rings. The van der Waals surface area contributed by atoms with Crippen LogP contribution in [0.2, 0.25) is 0 Å². The molecule has 0 radical (unpaired) electrons. The predicted molar refractivity (Wildman–Crippen MR) is 75.8 cm³/mol. The first-order valence-corrected chi connectivity index (χ1v) is 6.60. The Balaban J connectivity index is 2.45. The fourth-order valence-electron chi connectivity index (χ4n) is 1.82. The molecule has 2 N–H and O–H groups in total. The molecule has 0 bridgehead atoms. The summed E-state index contributed by atoms with van der Waals surface area (Å²) in [7, 11) is 0. The number of pyridine rings is 1. The normalized spacial score (nSPS) is 10.6. The van der Waals surface area contributed by atoms with Gasteiger partial charge in [-0.1, -0.05) is 0 Å². The highest BCUT2D eigenvalue weighted by Crippen LogP contribution is 2.32. The van der Waals surface area contributed by atoms with E-state index in [1.54, 1.807) is 6.07 Å². The van der Waals surface area contributed by atoms with E-state index in [2.05, 4.69) is 20.9 Å². The van der Waals surface area contributed by atoms with Gasteiger partial charge in [-0.25, -0.2) is 9.37 Å². The Kier molecular flexibility index (Phi) is 4.17. The first-order valence-electron chi connectivity index (χ1n) is 5.81. The van der Waals surface area contributed by atoms with Crippen molar-refractivity contribution in [3.8, 4) is 11.6 Å². The topological polar surface area (TPSA) is 48.1 Å². The van der Waals surface area contributed by atoms with Crippen LogP contribution in [0.5, 0.6) is 11.6 Å². The van der Waals surface area contributed by atoms with Crippen molar-refractivity contribution in [2.45, 2.75) is 20.4 Å². The summed E-state index contributed by atoms with van der Waals surface area (Å²) in [6, 6.07) is 6.20. The third kappa shape index (κ3) is 3.11. The maximum absolute atomic E-state index is 13.2. The van der Waals surface area contributed by atoms with Crippen molar-refractivity contribution in [1.82, 2.24) is 4.98 Å². The third-order valence-corrected chi connectivity index (χ3v) is 3.40. The van der Waals surface area contributed by atoms with E-state index in [9.17, 15) is 4.39 Å². The summed E-state index contributed by atoms with van der Waals surface area (Å²) >= 11 is 3.32. The van der Waals surface area contributed by atoms with Gasteiger partial charge in [-0.15, -0.1) is 0 Å². The number of aryl methyl sites for hydroxylation is 2. The summed E-state index contributed by atoms with van der Waals surface area (Å²) in [4.78, 5) is 4.33. The standard InChI is InChI=1S/C14H14BrFN2O/c1-8-5-9(2)18-14(11(8)7-17)19-13-6-10(16)3-4-12(13)15/h3-6H,7,17H2,1-2H3. The van der Waals surface area contributed by atoms with Crippen LogP contribution in [0.25, 0.3) is 0 Å².